The highest BCUT2D eigenvalue weighted by molar-refractivity contribution is 6.13. The third kappa shape index (κ3) is 3.89. The number of ether oxygens (including phenoxy) is 1. The summed E-state index contributed by atoms with van der Waals surface area (Å²) in [6.07, 6.45) is 0. The van der Waals surface area contributed by atoms with Crippen LogP contribution in [0.1, 0.15) is 47.1 Å². The molecule has 4 rings (SSSR count). The van der Waals surface area contributed by atoms with Crippen molar-refractivity contribution in [3.8, 4) is 11.4 Å². The molecule has 2 aromatic carbocycles. The molecule has 6 heteroatoms. The molecule has 0 aliphatic rings. The van der Waals surface area contributed by atoms with E-state index in [2.05, 4.69) is 24.3 Å². The fraction of sp³-hybridized carbons (Fsp3) is 0.240. The van der Waals surface area contributed by atoms with E-state index in [1.165, 1.54) is 0 Å². The van der Waals surface area contributed by atoms with Crippen LogP contribution in [0.4, 0.5) is 5.69 Å². The van der Waals surface area contributed by atoms with Crippen molar-refractivity contribution < 1.29 is 9.53 Å². The van der Waals surface area contributed by atoms with E-state index in [0.29, 0.717) is 17.1 Å². The largest absolute Gasteiger partial charge is 0.497 e. The van der Waals surface area contributed by atoms with Gasteiger partial charge in [-0.25, -0.2) is 9.67 Å². The van der Waals surface area contributed by atoms with E-state index in [9.17, 15) is 4.79 Å². The van der Waals surface area contributed by atoms with Gasteiger partial charge in [0.05, 0.1) is 29.4 Å². The Labute approximate surface area is 181 Å². The minimum Gasteiger partial charge on any atom is -0.497 e. The first-order valence-corrected chi connectivity index (χ1v) is 10.3. The highest BCUT2D eigenvalue weighted by atomic mass is 16.5. The second kappa shape index (κ2) is 8.22. The van der Waals surface area contributed by atoms with Crippen LogP contribution in [0.25, 0.3) is 16.7 Å². The Bertz CT molecular complexity index is 1260. The maximum absolute atomic E-state index is 13.3. The SMILES string of the molecule is COc1ccc(-n2nc(C)c3c(C(=O)Nc4ccccc4C(C)C)cc(C)nc32)cc1. The van der Waals surface area contributed by atoms with Crippen LogP contribution >= 0.6 is 0 Å². The van der Waals surface area contributed by atoms with Gasteiger partial charge in [0.2, 0.25) is 0 Å². The minimum atomic E-state index is -0.166. The fourth-order valence-electron chi connectivity index (χ4n) is 3.80. The van der Waals surface area contributed by atoms with E-state index in [0.717, 1.165) is 39.5 Å². The van der Waals surface area contributed by atoms with Gasteiger partial charge >= 0.3 is 0 Å². The summed E-state index contributed by atoms with van der Waals surface area (Å²) in [5.41, 5.74) is 5.51. The number of benzene rings is 2. The summed E-state index contributed by atoms with van der Waals surface area (Å²) >= 11 is 0. The lowest BCUT2D eigenvalue weighted by molar-refractivity contribution is 0.102. The van der Waals surface area contributed by atoms with Gasteiger partial charge in [0, 0.05) is 11.4 Å². The van der Waals surface area contributed by atoms with Crippen LogP contribution in [0.3, 0.4) is 0 Å². The number of pyridine rings is 1. The monoisotopic (exact) mass is 414 g/mol. The number of amides is 1. The summed E-state index contributed by atoms with van der Waals surface area (Å²) in [6, 6.07) is 17.3. The molecule has 0 unspecified atom stereocenters. The lowest BCUT2D eigenvalue weighted by Gasteiger charge is -2.14. The molecule has 0 radical (unpaired) electrons. The topological polar surface area (TPSA) is 69.0 Å². The third-order valence-electron chi connectivity index (χ3n) is 5.33. The summed E-state index contributed by atoms with van der Waals surface area (Å²) in [7, 11) is 1.63. The average molecular weight is 415 g/mol. The molecule has 0 bridgehead atoms. The molecular weight excluding hydrogens is 388 g/mol. The van der Waals surface area contributed by atoms with Crippen molar-refractivity contribution in [2.75, 3.05) is 12.4 Å². The average Bonchev–Trinajstić information content (AvgIpc) is 3.09. The lowest BCUT2D eigenvalue weighted by Crippen LogP contribution is -2.15. The zero-order valence-electron chi connectivity index (χ0n) is 18.4. The molecule has 0 saturated carbocycles. The summed E-state index contributed by atoms with van der Waals surface area (Å²) < 4.78 is 7.03. The van der Waals surface area contributed by atoms with E-state index >= 15 is 0 Å². The summed E-state index contributed by atoms with van der Waals surface area (Å²) in [6.45, 7) is 8.02. The number of aryl methyl sites for hydroxylation is 2. The van der Waals surface area contributed by atoms with Gasteiger partial charge in [-0.2, -0.15) is 5.10 Å². The first kappa shape index (κ1) is 20.6. The van der Waals surface area contributed by atoms with Crippen molar-refractivity contribution in [3.63, 3.8) is 0 Å². The van der Waals surface area contributed by atoms with Gasteiger partial charge in [0.15, 0.2) is 5.65 Å². The van der Waals surface area contributed by atoms with Gasteiger partial charge < -0.3 is 10.1 Å². The van der Waals surface area contributed by atoms with E-state index in [4.69, 9.17) is 9.72 Å². The predicted molar refractivity (Wildman–Crippen MR) is 123 cm³/mol. The van der Waals surface area contributed by atoms with E-state index < -0.39 is 0 Å². The van der Waals surface area contributed by atoms with Crippen molar-refractivity contribution in [1.29, 1.82) is 0 Å². The molecule has 2 aromatic heterocycles. The Morgan fingerprint density at radius 2 is 1.77 bits per heavy atom. The maximum atomic E-state index is 13.3. The minimum absolute atomic E-state index is 0.166. The number of nitrogens with zero attached hydrogens (tertiary/aromatic N) is 3. The van der Waals surface area contributed by atoms with Gasteiger partial charge in [0.1, 0.15) is 5.75 Å². The van der Waals surface area contributed by atoms with Gasteiger partial charge in [-0.3, -0.25) is 4.79 Å². The molecule has 6 nitrogen and oxygen atoms in total. The standard InChI is InChI=1S/C25H26N4O2/c1-15(2)20-8-6-7-9-22(20)27-25(30)21-14-16(3)26-24-23(21)17(4)28-29(24)18-10-12-19(31-5)13-11-18/h6-15H,1-5H3,(H,27,30). The zero-order chi connectivity index (χ0) is 22.1. The van der Waals surface area contributed by atoms with Gasteiger partial charge in [-0.15, -0.1) is 0 Å². The summed E-state index contributed by atoms with van der Waals surface area (Å²) in [4.78, 5) is 18.0. The molecule has 2 heterocycles. The number of para-hydroxylation sites is 1. The number of methoxy groups -OCH3 is 1. The quantitative estimate of drug-likeness (QED) is 0.473. The molecule has 4 aromatic rings. The smallest absolute Gasteiger partial charge is 0.256 e. The van der Waals surface area contributed by atoms with E-state index in [1.807, 2.05) is 68.4 Å². The van der Waals surface area contributed by atoms with Crippen LogP contribution in [-0.2, 0) is 0 Å². The second-order valence-corrected chi connectivity index (χ2v) is 7.90. The molecule has 0 saturated heterocycles. The fourth-order valence-corrected chi connectivity index (χ4v) is 3.80. The van der Waals surface area contributed by atoms with Crippen molar-refractivity contribution in [1.82, 2.24) is 14.8 Å². The maximum Gasteiger partial charge on any atom is 0.256 e. The van der Waals surface area contributed by atoms with Crippen LogP contribution in [0, 0.1) is 13.8 Å². The zero-order valence-corrected chi connectivity index (χ0v) is 18.4. The van der Waals surface area contributed by atoms with Crippen molar-refractivity contribution in [3.05, 3.63) is 77.1 Å². The number of hydrogen-bond acceptors (Lipinski definition) is 4. The highest BCUT2D eigenvalue weighted by Crippen LogP contribution is 2.28. The van der Waals surface area contributed by atoms with Crippen molar-refractivity contribution in [2.45, 2.75) is 33.6 Å². The number of anilines is 1. The molecule has 158 valence electrons. The van der Waals surface area contributed by atoms with Crippen molar-refractivity contribution >= 4 is 22.6 Å². The van der Waals surface area contributed by atoms with Crippen LogP contribution in [0.5, 0.6) is 5.75 Å². The molecule has 1 N–H and O–H groups in total. The van der Waals surface area contributed by atoms with Crippen LogP contribution in [0.2, 0.25) is 0 Å². The first-order chi connectivity index (χ1) is 14.9. The first-order valence-electron chi connectivity index (χ1n) is 10.3. The number of carbonyl (C=O) groups is 1. The third-order valence-corrected chi connectivity index (χ3v) is 5.33. The summed E-state index contributed by atoms with van der Waals surface area (Å²) in [5.74, 6) is 0.904. The lowest BCUT2D eigenvalue weighted by atomic mass is 10.0. The van der Waals surface area contributed by atoms with E-state index in [1.54, 1.807) is 11.8 Å². The number of fused-ring (bicyclic) bond motifs is 1. The van der Waals surface area contributed by atoms with Gasteiger partial charge in [-0.05, 0) is 61.7 Å². The Hall–Kier alpha value is -3.67. The van der Waals surface area contributed by atoms with Gasteiger partial charge in [-0.1, -0.05) is 32.0 Å². The normalized spacial score (nSPS) is 11.2. The number of aromatic nitrogens is 3. The van der Waals surface area contributed by atoms with Gasteiger partial charge in [0.25, 0.3) is 5.91 Å². The Balaban J connectivity index is 1.80. The Morgan fingerprint density at radius 1 is 1.06 bits per heavy atom. The summed E-state index contributed by atoms with van der Waals surface area (Å²) in [5, 5.41) is 8.54. The molecule has 0 aliphatic heterocycles. The van der Waals surface area contributed by atoms with Crippen LogP contribution in [-0.4, -0.2) is 27.8 Å². The van der Waals surface area contributed by atoms with Crippen LogP contribution in [0.15, 0.2) is 54.6 Å². The highest BCUT2D eigenvalue weighted by Gasteiger charge is 2.20. The Kier molecular flexibility index (Phi) is 5.46. The van der Waals surface area contributed by atoms with E-state index in [-0.39, 0.29) is 5.91 Å². The molecule has 0 fully saturated rings. The number of rotatable bonds is 5. The number of carbonyl (C=O) groups excluding carboxylic acids is 1. The molecule has 0 atom stereocenters. The number of nitrogens with one attached hydrogen (secondary N) is 1. The molecule has 1 amide bonds. The molecule has 0 spiro atoms. The van der Waals surface area contributed by atoms with Crippen LogP contribution < -0.4 is 10.1 Å². The molecule has 0 aliphatic carbocycles. The predicted octanol–water partition coefficient (Wildman–Crippen LogP) is 5.42. The Morgan fingerprint density at radius 3 is 2.45 bits per heavy atom. The molecular formula is C25H26N4O2. The van der Waals surface area contributed by atoms with Crippen molar-refractivity contribution in [2.24, 2.45) is 0 Å². The second-order valence-electron chi connectivity index (χ2n) is 7.90. The number of hydrogen-bond donors (Lipinski definition) is 1. The molecule has 31 heavy (non-hydrogen) atoms.